The molecular weight excluding hydrogens is 466 g/mol. The molecule has 1 N–H and O–H groups in total. The first kappa shape index (κ1) is 22.4. The Hall–Kier alpha value is -4.37. The number of fused-ring (bicyclic) bond motifs is 2. The maximum Gasteiger partial charge on any atom is 0.257 e. The minimum Gasteiger partial charge on any atom is -0.497 e. The molecule has 0 fully saturated rings. The molecule has 9 heteroatoms. The van der Waals surface area contributed by atoms with Gasteiger partial charge in [-0.3, -0.25) is 15.1 Å². The van der Waals surface area contributed by atoms with Gasteiger partial charge in [-0.15, -0.1) is 0 Å². The van der Waals surface area contributed by atoms with Crippen LogP contribution in [-0.4, -0.2) is 37.2 Å². The van der Waals surface area contributed by atoms with Gasteiger partial charge in [0.1, 0.15) is 17.2 Å². The second-order valence-corrected chi connectivity index (χ2v) is 8.50. The second kappa shape index (κ2) is 9.47. The van der Waals surface area contributed by atoms with E-state index in [1.54, 1.807) is 57.9 Å². The number of ether oxygens (including phenoxy) is 4. The SMILES string of the molecule is COc1ccc(C(=O)Nc2nc3ccc(Oc4ccnc5cc(OC)c(OC)cc45)cc3s2)cc1. The van der Waals surface area contributed by atoms with Gasteiger partial charge in [-0.1, -0.05) is 11.3 Å². The molecule has 0 saturated heterocycles. The predicted molar refractivity (Wildman–Crippen MR) is 135 cm³/mol. The van der Waals surface area contributed by atoms with E-state index >= 15 is 0 Å². The van der Waals surface area contributed by atoms with E-state index < -0.39 is 0 Å². The number of thiazole rings is 1. The highest BCUT2D eigenvalue weighted by atomic mass is 32.1. The van der Waals surface area contributed by atoms with Gasteiger partial charge in [0, 0.05) is 29.3 Å². The van der Waals surface area contributed by atoms with Gasteiger partial charge in [0.15, 0.2) is 16.6 Å². The van der Waals surface area contributed by atoms with Crippen molar-refractivity contribution in [1.29, 1.82) is 0 Å². The zero-order valence-electron chi connectivity index (χ0n) is 19.2. The van der Waals surface area contributed by atoms with Crippen molar-refractivity contribution in [3.05, 3.63) is 72.4 Å². The van der Waals surface area contributed by atoms with E-state index in [0.29, 0.717) is 39.4 Å². The lowest BCUT2D eigenvalue weighted by atomic mass is 10.2. The lowest BCUT2D eigenvalue weighted by Gasteiger charge is -2.12. The quantitative estimate of drug-likeness (QED) is 0.305. The van der Waals surface area contributed by atoms with Gasteiger partial charge in [0.2, 0.25) is 0 Å². The molecule has 1 amide bonds. The smallest absolute Gasteiger partial charge is 0.257 e. The van der Waals surface area contributed by atoms with E-state index in [0.717, 1.165) is 21.1 Å². The molecule has 0 unspecified atom stereocenters. The number of aromatic nitrogens is 2. The van der Waals surface area contributed by atoms with Crippen LogP contribution in [0.5, 0.6) is 28.7 Å². The summed E-state index contributed by atoms with van der Waals surface area (Å²) in [5.41, 5.74) is 2.01. The van der Waals surface area contributed by atoms with Gasteiger partial charge < -0.3 is 18.9 Å². The maximum atomic E-state index is 12.6. The highest BCUT2D eigenvalue weighted by Gasteiger charge is 2.14. The first-order valence-electron chi connectivity index (χ1n) is 10.6. The van der Waals surface area contributed by atoms with Crippen molar-refractivity contribution < 1.29 is 23.7 Å². The van der Waals surface area contributed by atoms with Crippen LogP contribution in [0.15, 0.2) is 66.9 Å². The van der Waals surface area contributed by atoms with Crippen LogP contribution in [0.3, 0.4) is 0 Å². The average Bonchev–Trinajstić information content (AvgIpc) is 3.29. The number of carbonyl (C=O) groups is 1. The first-order valence-corrected chi connectivity index (χ1v) is 11.4. The van der Waals surface area contributed by atoms with Crippen molar-refractivity contribution in [2.45, 2.75) is 0 Å². The molecule has 0 saturated carbocycles. The van der Waals surface area contributed by atoms with Crippen LogP contribution in [0.4, 0.5) is 5.13 Å². The Kier molecular flexibility index (Phi) is 6.07. The standard InChI is InChI=1S/C26H21N3O5S/c1-31-16-6-4-15(5-7-16)25(30)29-26-28-19-9-8-17(12-24(19)35-26)34-21-10-11-27-20-14-23(33-3)22(32-2)13-18(20)21/h4-14H,1-3H3,(H,28,29,30). The largest absolute Gasteiger partial charge is 0.497 e. The van der Waals surface area contributed by atoms with Gasteiger partial charge in [-0.05, 0) is 48.5 Å². The van der Waals surface area contributed by atoms with Crippen LogP contribution >= 0.6 is 11.3 Å². The molecule has 5 aromatic rings. The Balaban J connectivity index is 1.39. The molecule has 2 aromatic heterocycles. The monoisotopic (exact) mass is 487 g/mol. The Morgan fingerprint density at radius 1 is 0.800 bits per heavy atom. The molecule has 176 valence electrons. The number of carbonyl (C=O) groups excluding carboxylic acids is 1. The minimum atomic E-state index is -0.240. The Morgan fingerprint density at radius 3 is 2.29 bits per heavy atom. The number of rotatable bonds is 7. The normalized spacial score (nSPS) is 10.8. The summed E-state index contributed by atoms with van der Waals surface area (Å²) in [4.78, 5) is 21.5. The molecule has 35 heavy (non-hydrogen) atoms. The minimum absolute atomic E-state index is 0.240. The predicted octanol–water partition coefficient (Wildman–Crippen LogP) is 5.91. The molecule has 5 rings (SSSR count). The molecule has 8 nitrogen and oxygen atoms in total. The van der Waals surface area contributed by atoms with Crippen LogP contribution in [0.2, 0.25) is 0 Å². The third-order valence-electron chi connectivity index (χ3n) is 5.37. The van der Waals surface area contributed by atoms with Crippen LogP contribution < -0.4 is 24.3 Å². The molecule has 3 aromatic carbocycles. The fourth-order valence-corrected chi connectivity index (χ4v) is 4.49. The third kappa shape index (κ3) is 4.53. The maximum absolute atomic E-state index is 12.6. The topological polar surface area (TPSA) is 91.8 Å². The fourth-order valence-electron chi connectivity index (χ4n) is 3.60. The number of pyridine rings is 1. The van der Waals surface area contributed by atoms with E-state index in [1.807, 2.05) is 30.3 Å². The summed E-state index contributed by atoms with van der Waals surface area (Å²) < 4.78 is 23.0. The number of benzene rings is 3. The zero-order chi connectivity index (χ0) is 24.4. The highest BCUT2D eigenvalue weighted by Crippen LogP contribution is 2.38. The van der Waals surface area contributed by atoms with Gasteiger partial charge >= 0.3 is 0 Å². The fraction of sp³-hybridized carbons (Fsp3) is 0.115. The second-order valence-electron chi connectivity index (χ2n) is 7.47. The van der Waals surface area contributed by atoms with E-state index in [1.165, 1.54) is 11.3 Å². The highest BCUT2D eigenvalue weighted by molar-refractivity contribution is 7.22. The molecule has 0 aliphatic rings. The summed E-state index contributed by atoms with van der Waals surface area (Å²) in [5, 5.41) is 4.15. The summed E-state index contributed by atoms with van der Waals surface area (Å²) in [5.74, 6) is 2.90. The number of methoxy groups -OCH3 is 3. The molecular formula is C26H21N3O5S. The molecule has 2 heterocycles. The number of hydrogen-bond donors (Lipinski definition) is 1. The van der Waals surface area contributed by atoms with E-state index in [2.05, 4.69) is 15.3 Å². The van der Waals surface area contributed by atoms with Crippen LogP contribution in [0.1, 0.15) is 10.4 Å². The summed E-state index contributed by atoms with van der Waals surface area (Å²) in [6.45, 7) is 0. The number of hydrogen-bond acceptors (Lipinski definition) is 8. The molecule has 0 radical (unpaired) electrons. The number of amides is 1. The van der Waals surface area contributed by atoms with Crippen molar-refractivity contribution in [3.8, 4) is 28.7 Å². The molecule has 0 spiro atoms. The van der Waals surface area contributed by atoms with Gasteiger partial charge in [-0.25, -0.2) is 4.98 Å². The Bertz CT molecular complexity index is 1530. The summed E-state index contributed by atoms with van der Waals surface area (Å²) >= 11 is 1.37. The third-order valence-corrected chi connectivity index (χ3v) is 6.30. The number of anilines is 1. The summed E-state index contributed by atoms with van der Waals surface area (Å²) in [6, 6.07) is 17.9. The summed E-state index contributed by atoms with van der Waals surface area (Å²) in [6.07, 6.45) is 1.68. The van der Waals surface area contributed by atoms with Crippen molar-refractivity contribution in [1.82, 2.24) is 9.97 Å². The van der Waals surface area contributed by atoms with E-state index in [-0.39, 0.29) is 5.91 Å². The van der Waals surface area contributed by atoms with Crippen LogP contribution in [-0.2, 0) is 0 Å². The lowest BCUT2D eigenvalue weighted by Crippen LogP contribution is -2.11. The van der Waals surface area contributed by atoms with E-state index in [9.17, 15) is 4.79 Å². The number of nitrogens with one attached hydrogen (secondary N) is 1. The summed E-state index contributed by atoms with van der Waals surface area (Å²) in [7, 11) is 4.75. The van der Waals surface area contributed by atoms with Crippen LogP contribution in [0, 0.1) is 0 Å². The van der Waals surface area contributed by atoms with Gasteiger partial charge in [-0.2, -0.15) is 0 Å². The zero-order valence-corrected chi connectivity index (χ0v) is 20.0. The lowest BCUT2D eigenvalue weighted by molar-refractivity contribution is 0.102. The van der Waals surface area contributed by atoms with Gasteiger partial charge in [0.25, 0.3) is 5.91 Å². The van der Waals surface area contributed by atoms with Crippen molar-refractivity contribution >= 4 is 43.5 Å². The first-order chi connectivity index (χ1) is 17.1. The molecule has 0 bridgehead atoms. The van der Waals surface area contributed by atoms with Gasteiger partial charge in [0.05, 0.1) is 37.1 Å². The Morgan fingerprint density at radius 2 is 1.54 bits per heavy atom. The average molecular weight is 488 g/mol. The molecule has 0 aliphatic carbocycles. The van der Waals surface area contributed by atoms with Crippen molar-refractivity contribution in [2.24, 2.45) is 0 Å². The van der Waals surface area contributed by atoms with Crippen molar-refractivity contribution in [3.63, 3.8) is 0 Å². The molecule has 0 aliphatic heterocycles. The molecule has 0 atom stereocenters. The van der Waals surface area contributed by atoms with Crippen molar-refractivity contribution in [2.75, 3.05) is 26.6 Å². The number of nitrogens with zero attached hydrogens (tertiary/aromatic N) is 2. The van der Waals surface area contributed by atoms with E-state index in [4.69, 9.17) is 18.9 Å². The van der Waals surface area contributed by atoms with Crippen LogP contribution in [0.25, 0.3) is 21.1 Å². The Labute approximate surface area is 205 Å².